The van der Waals surface area contributed by atoms with Crippen molar-refractivity contribution < 1.29 is 5.11 Å². The summed E-state index contributed by atoms with van der Waals surface area (Å²) in [6.07, 6.45) is 8.62. The molecular formula is C23H32O. The third-order valence-electron chi connectivity index (χ3n) is 5.37. The van der Waals surface area contributed by atoms with E-state index in [9.17, 15) is 5.11 Å². The Kier molecular flexibility index (Phi) is 6.90. The summed E-state index contributed by atoms with van der Waals surface area (Å²) in [4.78, 5) is 0. The molecule has 0 heterocycles. The summed E-state index contributed by atoms with van der Waals surface area (Å²) in [5.74, 6) is 0.402. The molecule has 0 aliphatic rings. The van der Waals surface area contributed by atoms with Crippen LogP contribution < -0.4 is 0 Å². The Hall–Kier alpha value is -1.76. The molecule has 2 aromatic carbocycles. The van der Waals surface area contributed by atoms with Crippen molar-refractivity contribution in [3.05, 3.63) is 65.2 Å². The molecule has 1 heteroatoms. The van der Waals surface area contributed by atoms with Gasteiger partial charge in [0.25, 0.3) is 0 Å². The van der Waals surface area contributed by atoms with Gasteiger partial charge in [-0.2, -0.15) is 0 Å². The van der Waals surface area contributed by atoms with Gasteiger partial charge in [0.15, 0.2) is 0 Å². The van der Waals surface area contributed by atoms with Crippen LogP contribution in [0.2, 0.25) is 0 Å². The lowest BCUT2D eigenvalue weighted by Crippen LogP contribution is -2.24. The molecule has 0 spiro atoms. The molecule has 0 radical (unpaired) electrons. The standard InChI is InChI=1S/C23H32O/c1-4-6-7-8-9-14-19-15-10-11-16-20(19)23(3,5-2)21-17-12-13-18-22(21)24/h10-13,15-18,24H,4-9,14H2,1-3H3. The van der Waals surface area contributed by atoms with E-state index in [0.29, 0.717) is 5.75 Å². The summed E-state index contributed by atoms with van der Waals surface area (Å²) in [6.45, 7) is 6.73. The molecule has 0 bridgehead atoms. The van der Waals surface area contributed by atoms with Crippen molar-refractivity contribution in [1.82, 2.24) is 0 Å². The van der Waals surface area contributed by atoms with Gasteiger partial charge >= 0.3 is 0 Å². The van der Waals surface area contributed by atoms with E-state index in [1.165, 1.54) is 43.2 Å². The molecule has 0 aliphatic carbocycles. The highest BCUT2D eigenvalue weighted by molar-refractivity contribution is 5.48. The van der Waals surface area contributed by atoms with Crippen molar-refractivity contribution in [3.8, 4) is 5.75 Å². The number of hydrogen-bond donors (Lipinski definition) is 1. The smallest absolute Gasteiger partial charge is 0.119 e. The van der Waals surface area contributed by atoms with Gasteiger partial charge in [-0.15, -0.1) is 0 Å². The fraction of sp³-hybridized carbons (Fsp3) is 0.478. The Morgan fingerprint density at radius 3 is 2.08 bits per heavy atom. The average Bonchev–Trinajstić information content (AvgIpc) is 2.62. The summed E-state index contributed by atoms with van der Waals surface area (Å²) < 4.78 is 0. The average molecular weight is 325 g/mol. The van der Waals surface area contributed by atoms with Gasteiger partial charge in [0.1, 0.15) is 5.75 Å². The van der Waals surface area contributed by atoms with Crippen LogP contribution in [-0.4, -0.2) is 5.11 Å². The van der Waals surface area contributed by atoms with Gasteiger partial charge in [0.2, 0.25) is 0 Å². The molecule has 130 valence electrons. The summed E-state index contributed by atoms with van der Waals surface area (Å²) in [7, 11) is 0. The van der Waals surface area contributed by atoms with Crippen LogP contribution in [-0.2, 0) is 11.8 Å². The SMILES string of the molecule is CCCCCCCc1ccccc1C(C)(CC)c1ccccc1O. The zero-order chi connectivity index (χ0) is 17.4. The van der Waals surface area contributed by atoms with Crippen LogP contribution in [0.4, 0.5) is 0 Å². The third kappa shape index (κ3) is 4.20. The first-order valence-corrected chi connectivity index (χ1v) is 9.50. The second-order valence-corrected chi connectivity index (χ2v) is 7.02. The molecule has 0 saturated heterocycles. The second-order valence-electron chi connectivity index (χ2n) is 7.02. The van der Waals surface area contributed by atoms with Crippen LogP contribution in [0.1, 0.15) is 76.0 Å². The van der Waals surface area contributed by atoms with E-state index in [-0.39, 0.29) is 5.41 Å². The molecule has 0 fully saturated rings. The zero-order valence-electron chi connectivity index (χ0n) is 15.5. The minimum absolute atomic E-state index is 0.147. The molecule has 0 aromatic heterocycles. The number of phenolic OH excluding ortho intramolecular Hbond substituents is 1. The van der Waals surface area contributed by atoms with Gasteiger partial charge in [-0.25, -0.2) is 0 Å². The van der Waals surface area contributed by atoms with E-state index >= 15 is 0 Å². The first-order chi connectivity index (χ1) is 11.6. The van der Waals surface area contributed by atoms with Gasteiger partial charge in [-0.3, -0.25) is 0 Å². The normalized spacial score (nSPS) is 13.6. The quantitative estimate of drug-likeness (QED) is 0.514. The number of aromatic hydroxyl groups is 1. The van der Waals surface area contributed by atoms with Gasteiger partial charge in [0, 0.05) is 11.0 Å². The van der Waals surface area contributed by atoms with Crippen molar-refractivity contribution >= 4 is 0 Å². The highest BCUT2D eigenvalue weighted by atomic mass is 16.3. The Morgan fingerprint density at radius 1 is 0.792 bits per heavy atom. The van der Waals surface area contributed by atoms with Crippen molar-refractivity contribution in [2.45, 2.75) is 71.1 Å². The molecule has 1 nitrogen and oxygen atoms in total. The topological polar surface area (TPSA) is 20.2 Å². The first kappa shape index (κ1) is 18.6. The largest absolute Gasteiger partial charge is 0.508 e. The van der Waals surface area contributed by atoms with E-state index in [4.69, 9.17) is 0 Å². The minimum atomic E-state index is -0.147. The molecule has 1 unspecified atom stereocenters. The predicted octanol–water partition coefficient (Wildman–Crippen LogP) is 6.62. The van der Waals surface area contributed by atoms with Gasteiger partial charge < -0.3 is 5.11 Å². The van der Waals surface area contributed by atoms with Crippen LogP contribution in [0.25, 0.3) is 0 Å². The Bertz CT molecular complexity index is 631. The number of phenols is 1. The van der Waals surface area contributed by atoms with E-state index in [0.717, 1.165) is 18.4 Å². The maximum absolute atomic E-state index is 10.4. The van der Waals surface area contributed by atoms with Crippen molar-refractivity contribution in [1.29, 1.82) is 0 Å². The molecule has 24 heavy (non-hydrogen) atoms. The highest BCUT2D eigenvalue weighted by Crippen LogP contribution is 2.41. The van der Waals surface area contributed by atoms with Crippen LogP contribution in [0.3, 0.4) is 0 Å². The number of aryl methyl sites for hydroxylation is 1. The van der Waals surface area contributed by atoms with Crippen molar-refractivity contribution in [2.24, 2.45) is 0 Å². The summed E-state index contributed by atoms with van der Waals surface area (Å²) >= 11 is 0. The second kappa shape index (κ2) is 8.92. The Labute approximate surface area is 147 Å². The molecule has 2 aromatic rings. The van der Waals surface area contributed by atoms with Crippen LogP contribution in [0, 0.1) is 0 Å². The first-order valence-electron chi connectivity index (χ1n) is 9.50. The van der Waals surface area contributed by atoms with Crippen molar-refractivity contribution in [2.75, 3.05) is 0 Å². The number of para-hydroxylation sites is 1. The lowest BCUT2D eigenvalue weighted by Gasteiger charge is -2.32. The number of hydrogen-bond acceptors (Lipinski definition) is 1. The molecule has 2 rings (SSSR count). The zero-order valence-corrected chi connectivity index (χ0v) is 15.5. The fourth-order valence-corrected chi connectivity index (χ4v) is 3.66. The van der Waals surface area contributed by atoms with Crippen LogP contribution in [0.5, 0.6) is 5.75 Å². The van der Waals surface area contributed by atoms with Gasteiger partial charge in [0.05, 0.1) is 0 Å². The maximum atomic E-state index is 10.4. The van der Waals surface area contributed by atoms with E-state index in [1.807, 2.05) is 12.1 Å². The van der Waals surface area contributed by atoms with Crippen molar-refractivity contribution in [3.63, 3.8) is 0 Å². The summed E-state index contributed by atoms with van der Waals surface area (Å²) in [5.41, 5.74) is 3.68. The van der Waals surface area contributed by atoms with E-state index < -0.39 is 0 Å². The monoisotopic (exact) mass is 324 g/mol. The lowest BCUT2D eigenvalue weighted by atomic mass is 9.71. The number of benzene rings is 2. The molecule has 0 saturated carbocycles. The summed E-state index contributed by atoms with van der Waals surface area (Å²) in [6, 6.07) is 16.6. The van der Waals surface area contributed by atoms with Crippen LogP contribution in [0.15, 0.2) is 48.5 Å². The van der Waals surface area contributed by atoms with Gasteiger partial charge in [-0.05, 0) is 36.5 Å². The van der Waals surface area contributed by atoms with E-state index in [1.54, 1.807) is 6.07 Å². The highest BCUT2D eigenvalue weighted by Gasteiger charge is 2.31. The third-order valence-corrected chi connectivity index (χ3v) is 5.37. The molecule has 1 N–H and O–H groups in total. The lowest BCUT2D eigenvalue weighted by molar-refractivity contribution is 0.440. The Morgan fingerprint density at radius 2 is 1.42 bits per heavy atom. The summed E-state index contributed by atoms with van der Waals surface area (Å²) in [5, 5.41) is 10.4. The predicted molar refractivity (Wildman–Crippen MR) is 104 cm³/mol. The van der Waals surface area contributed by atoms with Gasteiger partial charge in [-0.1, -0.05) is 88.9 Å². The Balaban J connectivity index is 2.27. The molecule has 0 amide bonds. The van der Waals surface area contributed by atoms with Crippen LogP contribution >= 0.6 is 0 Å². The minimum Gasteiger partial charge on any atom is -0.508 e. The molecule has 0 aliphatic heterocycles. The maximum Gasteiger partial charge on any atom is 0.119 e. The fourth-order valence-electron chi connectivity index (χ4n) is 3.66. The molecule has 1 atom stereocenters. The molecular weight excluding hydrogens is 292 g/mol. The number of rotatable bonds is 9. The van der Waals surface area contributed by atoms with E-state index in [2.05, 4.69) is 51.1 Å². The number of unbranched alkanes of at least 4 members (excludes halogenated alkanes) is 4.